The first-order valence-corrected chi connectivity index (χ1v) is 9.75. The van der Waals surface area contributed by atoms with E-state index in [0.717, 1.165) is 30.0 Å². The van der Waals surface area contributed by atoms with Crippen molar-refractivity contribution >= 4 is 5.91 Å². The molecule has 0 saturated carbocycles. The Kier molecular flexibility index (Phi) is 7.93. The number of carbonyl (C=O) groups excluding carboxylic acids is 1. The minimum Gasteiger partial charge on any atom is -0.490 e. The van der Waals surface area contributed by atoms with Crippen LogP contribution in [-0.4, -0.2) is 43.7 Å². The van der Waals surface area contributed by atoms with E-state index < -0.39 is 0 Å². The number of hydrogen-bond donors (Lipinski definition) is 1. The third-order valence-corrected chi connectivity index (χ3v) is 4.68. The summed E-state index contributed by atoms with van der Waals surface area (Å²) in [4.78, 5) is 14.6. The number of fused-ring (bicyclic) bond motifs is 1. The molecule has 1 aliphatic heterocycles. The maximum absolute atomic E-state index is 12.6. The van der Waals surface area contributed by atoms with Crippen LogP contribution in [0.25, 0.3) is 0 Å². The molecule has 0 fully saturated rings. The van der Waals surface area contributed by atoms with Gasteiger partial charge in [0.25, 0.3) is 0 Å². The van der Waals surface area contributed by atoms with Crippen molar-refractivity contribution in [3.8, 4) is 17.6 Å². The smallest absolute Gasteiger partial charge is 0.234 e. The number of likely N-dealkylation sites (N-methyl/N-ethyl adjacent to an activating group) is 1. The fraction of sp³-hybridized carbons (Fsp3) is 0.619. The number of hydrogen-bond acceptors (Lipinski definition) is 5. The van der Waals surface area contributed by atoms with Gasteiger partial charge in [0, 0.05) is 13.0 Å². The molecule has 2 unspecified atom stereocenters. The topological polar surface area (TPSA) is 74.6 Å². The number of amides is 1. The predicted molar refractivity (Wildman–Crippen MR) is 105 cm³/mol. The Bertz CT molecular complexity index is 669. The highest BCUT2D eigenvalue weighted by molar-refractivity contribution is 5.78. The average molecular weight is 373 g/mol. The normalized spacial score (nSPS) is 15.7. The van der Waals surface area contributed by atoms with Gasteiger partial charge >= 0.3 is 0 Å². The summed E-state index contributed by atoms with van der Waals surface area (Å²) in [5.41, 5.74) is 1.01. The molecular weight excluding hydrogens is 342 g/mol. The number of nitrogens with one attached hydrogen (secondary N) is 1. The number of ether oxygens (including phenoxy) is 2. The number of nitriles is 1. The van der Waals surface area contributed by atoms with Crippen LogP contribution in [0.15, 0.2) is 18.2 Å². The van der Waals surface area contributed by atoms with Crippen LogP contribution in [0.5, 0.6) is 11.5 Å². The fourth-order valence-corrected chi connectivity index (χ4v) is 3.16. The van der Waals surface area contributed by atoms with Gasteiger partial charge in [-0.05, 0) is 37.1 Å². The first-order chi connectivity index (χ1) is 12.9. The lowest BCUT2D eigenvalue weighted by atomic mass is 9.95. The van der Waals surface area contributed by atoms with E-state index in [4.69, 9.17) is 14.7 Å². The maximum Gasteiger partial charge on any atom is 0.234 e. The van der Waals surface area contributed by atoms with Gasteiger partial charge in [0.1, 0.15) is 0 Å². The molecule has 27 heavy (non-hydrogen) atoms. The Morgan fingerprint density at radius 1 is 1.26 bits per heavy atom. The minimum absolute atomic E-state index is 0.0344. The first kappa shape index (κ1) is 21.0. The minimum atomic E-state index is -0.109. The zero-order valence-electron chi connectivity index (χ0n) is 16.8. The monoisotopic (exact) mass is 373 g/mol. The van der Waals surface area contributed by atoms with Crippen LogP contribution in [0, 0.1) is 23.2 Å². The van der Waals surface area contributed by atoms with Gasteiger partial charge < -0.3 is 14.8 Å². The molecule has 6 nitrogen and oxygen atoms in total. The standard InChI is InChI=1S/C21H31N3O3/c1-5-24(13-16(4)12-22)14-20(25)23-21(15(2)3)17-7-8-18-19(11-17)27-10-6-9-26-18/h7-8,11,15-16,21H,5-6,9-10,13-14H2,1-4H3,(H,23,25). The molecule has 0 aromatic heterocycles. The molecule has 0 aliphatic carbocycles. The Hall–Kier alpha value is -2.26. The molecule has 0 radical (unpaired) electrons. The number of carbonyl (C=O) groups is 1. The number of benzene rings is 1. The molecule has 0 bridgehead atoms. The summed E-state index contributed by atoms with van der Waals surface area (Å²) in [6, 6.07) is 8.00. The molecule has 1 N–H and O–H groups in total. The number of rotatable bonds is 8. The number of nitrogens with zero attached hydrogens (tertiary/aromatic N) is 2. The van der Waals surface area contributed by atoms with E-state index >= 15 is 0 Å². The van der Waals surface area contributed by atoms with Crippen molar-refractivity contribution in [3.05, 3.63) is 23.8 Å². The molecule has 1 amide bonds. The van der Waals surface area contributed by atoms with Crippen molar-refractivity contribution in [3.63, 3.8) is 0 Å². The van der Waals surface area contributed by atoms with Crippen molar-refractivity contribution in [2.75, 3.05) is 32.8 Å². The molecule has 0 spiro atoms. The van der Waals surface area contributed by atoms with E-state index in [1.807, 2.05) is 36.9 Å². The third-order valence-electron chi connectivity index (χ3n) is 4.68. The van der Waals surface area contributed by atoms with Crippen molar-refractivity contribution in [1.29, 1.82) is 5.26 Å². The van der Waals surface area contributed by atoms with Crippen molar-refractivity contribution in [2.24, 2.45) is 11.8 Å². The summed E-state index contributed by atoms with van der Waals surface area (Å²) in [5, 5.41) is 12.1. The molecule has 0 saturated heterocycles. The van der Waals surface area contributed by atoms with Crippen LogP contribution in [0.1, 0.15) is 45.7 Å². The van der Waals surface area contributed by atoms with Gasteiger partial charge in [0.05, 0.1) is 37.8 Å². The van der Waals surface area contributed by atoms with Gasteiger partial charge in [-0.15, -0.1) is 0 Å². The summed E-state index contributed by atoms with van der Waals surface area (Å²) in [5.74, 6) is 1.59. The average Bonchev–Trinajstić information content (AvgIpc) is 2.89. The zero-order valence-corrected chi connectivity index (χ0v) is 16.8. The van der Waals surface area contributed by atoms with Crippen LogP contribution in [0.3, 0.4) is 0 Å². The quantitative estimate of drug-likeness (QED) is 0.758. The zero-order chi connectivity index (χ0) is 19.8. The van der Waals surface area contributed by atoms with E-state index in [2.05, 4.69) is 25.2 Å². The van der Waals surface area contributed by atoms with Crippen LogP contribution in [0.2, 0.25) is 0 Å². The van der Waals surface area contributed by atoms with Gasteiger partial charge in [-0.25, -0.2) is 0 Å². The predicted octanol–water partition coefficient (Wildman–Crippen LogP) is 3.14. The second-order valence-corrected chi connectivity index (χ2v) is 7.40. The molecule has 1 aliphatic rings. The molecule has 148 valence electrons. The lowest BCUT2D eigenvalue weighted by Crippen LogP contribution is -2.41. The summed E-state index contributed by atoms with van der Waals surface area (Å²) in [7, 11) is 0. The highest BCUT2D eigenvalue weighted by atomic mass is 16.5. The largest absolute Gasteiger partial charge is 0.490 e. The fourth-order valence-electron chi connectivity index (χ4n) is 3.16. The lowest BCUT2D eigenvalue weighted by molar-refractivity contribution is -0.123. The molecule has 1 aromatic carbocycles. The van der Waals surface area contributed by atoms with E-state index in [9.17, 15) is 4.79 Å². The van der Waals surface area contributed by atoms with Crippen molar-refractivity contribution in [1.82, 2.24) is 10.2 Å². The van der Waals surface area contributed by atoms with Gasteiger partial charge in [-0.1, -0.05) is 26.8 Å². The summed E-state index contributed by atoms with van der Waals surface area (Å²) >= 11 is 0. The third kappa shape index (κ3) is 6.14. The summed E-state index contributed by atoms with van der Waals surface area (Å²) < 4.78 is 11.5. The Morgan fingerprint density at radius 3 is 2.59 bits per heavy atom. The van der Waals surface area contributed by atoms with Crippen LogP contribution in [-0.2, 0) is 4.79 Å². The van der Waals surface area contributed by atoms with Gasteiger partial charge in [-0.3, -0.25) is 9.69 Å². The van der Waals surface area contributed by atoms with Gasteiger partial charge in [-0.2, -0.15) is 5.26 Å². The van der Waals surface area contributed by atoms with Gasteiger partial charge in [0.2, 0.25) is 5.91 Å². The molecule has 6 heteroatoms. The molecular formula is C21H31N3O3. The molecule has 2 atom stereocenters. The maximum atomic E-state index is 12.6. The molecule has 1 heterocycles. The van der Waals surface area contributed by atoms with E-state index in [1.54, 1.807) is 0 Å². The Morgan fingerprint density at radius 2 is 1.96 bits per heavy atom. The molecule has 1 aromatic rings. The highest BCUT2D eigenvalue weighted by Gasteiger charge is 2.22. The van der Waals surface area contributed by atoms with E-state index in [1.165, 1.54) is 0 Å². The lowest BCUT2D eigenvalue weighted by Gasteiger charge is -2.26. The SMILES string of the molecule is CCN(CC(=O)NC(c1ccc2c(c1)OCCCO2)C(C)C)CC(C)C#N. The Balaban J connectivity index is 2.08. The Labute approximate surface area is 162 Å². The van der Waals surface area contributed by atoms with Crippen LogP contribution >= 0.6 is 0 Å². The first-order valence-electron chi connectivity index (χ1n) is 9.75. The van der Waals surface area contributed by atoms with Crippen LogP contribution < -0.4 is 14.8 Å². The van der Waals surface area contributed by atoms with Crippen LogP contribution in [0.4, 0.5) is 0 Å². The van der Waals surface area contributed by atoms with E-state index in [-0.39, 0.29) is 30.3 Å². The van der Waals surface area contributed by atoms with Gasteiger partial charge in [0.15, 0.2) is 11.5 Å². The van der Waals surface area contributed by atoms with Crippen molar-refractivity contribution < 1.29 is 14.3 Å². The highest BCUT2D eigenvalue weighted by Crippen LogP contribution is 2.34. The summed E-state index contributed by atoms with van der Waals surface area (Å²) in [6.07, 6.45) is 0.863. The second kappa shape index (κ2) is 10.2. The second-order valence-electron chi connectivity index (χ2n) is 7.40. The van der Waals surface area contributed by atoms with E-state index in [0.29, 0.717) is 19.8 Å². The van der Waals surface area contributed by atoms with Crippen molar-refractivity contribution in [2.45, 2.75) is 40.2 Å². The summed E-state index contributed by atoms with van der Waals surface area (Å²) in [6.45, 7) is 11.0. The molecule has 2 rings (SSSR count).